The summed E-state index contributed by atoms with van der Waals surface area (Å²) in [7, 11) is 2.14. The number of carbonyl (C=O) groups excluding carboxylic acids is 1. The van der Waals surface area contributed by atoms with Crippen molar-refractivity contribution in [3.8, 4) is 0 Å². The van der Waals surface area contributed by atoms with Gasteiger partial charge >= 0.3 is 6.09 Å². The first-order valence-electron chi connectivity index (χ1n) is 7.27. The molecule has 2 bridgehead atoms. The number of nitrogen functional groups attached to an aromatic ring is 1. The number of piperidine rings is 1. The van der Waals surface area contributed by atoms with Gasteiger partial charge in [-0.3, -0.25) is 5.32 Å². The molecule has 6 heteroatoms. The molecule has 5 nitrogen and oxygen atoms in total. The number of carbonyl (C=O) groups is 1. The van der Waals surface area contributed by atoms with Crippen LogP contribution in [0.3, 0.4) is 0 Å². The topological polar surface area (TPSA) is 67.6 Å². The third kappa shape index (κ3) is 2.95. The van der Waals surface area contributed by atoms with Crippen molar-refractivity contribution in [3.05, 3.63) is 24.0 Å². The summed E-state index contributed by atoms with van der Waals surface area (Å²) in [6.07, 6.45) is 3.52. The second-order valence-electron chi connectivity index (χ2n) is 5.91. The highest BCUT2D eigenvalue weighted by molar-refractivity contribution is 5.88. The van der Waals surface area contributed by atoms with Gasteiger partial charge < -0.3 is 15.4 Å². The predicted octanol–water partition coefficient (Wildman–Crippen LogP) is 2.58. The molecule has 1 amide bonds. The number of anilines is 2. The zero-order valence-electron chi connectivity index (χ0n) is 12.0. The van der Waals surface area contributed by atoms with E-state index in [1.807, 2.05) is 0 Å². The number of benzene rings is 1. The minimum atomic E-state index is -0.526. The molecule has 1 aromatic rings. The molecule has 2 heterocycles. The number of hydrogen-bond donors (Lipinski definition) is 2. The minimum absolute atomic E-state index is 0.0552. The van der Waals surface area contributed by atoms with Crippen LogP contribution in [-0.2, 0) is 4.74 Å². The van der Waals surface area contributed by atoms with Gasteiger partial charge in [-0.2, -0.15) is 0 Å². The Bertz CT molecular complexity index is 538. The molecule has 1 aromatic carbocycles. The Morgan fingerprint density at radius 1 is 1.38 bits per heavy atom. The van der Waals surface area contributed by atoms with Crippen LogP contribution in [0.15, 0.2) is 18.2 Å². The van der Waals surface area contributed by atoms with E-state index in [0.29, 0.717) is 17.8 Å². The molecule has 3 rings (SSSR count). The maximum absolute atomic E-state index is 13.0. The summed E-state index contributed by atoms with van der Waals surface area (Å²) < 4.78 is 18.4. The molecule has 2 unspecified atom stereocenters. The maximum atomic E-state index is 13.0. The van der Waals surface area contributed by atoms with Gasteiger partial charge in [-0.25, -0.2) is 9.18 Å². The molecule has 2 aliphatic heterocycles. The van der Waals surface area contributed by atoms with Gasteiger partial charge in [-0.1, -0.05) is 0 Å². The standard InChI is InChI=1S/C15H20FN3O2/c1-19-10-3-4-11(19)8-12(7-10)21-15(20)18-14-5-2-9(16)6-13(14)17/h2,5-6,10-12H,3-4,7-8,17H2,1H3,(H,18,20). The van der Waals surface area contributed by atoms with Gasteiger partial charge in [-0.05, 0) is 38.1 Å². The maximum Gasteiger partial charge on any atom is 0.411 e. The van der Waals surface area contributed by atoms with Crippen molar-refractivity contribution in [2.45, 2.75) is 43.9 Å². The number of amides is 1. The highest BCUT2D eigenvalue weighted by Crippen LogP contribution is 2.35. The molecular formula is C15H20FN3O2. The van der Waals surface area contributed by atoms with Gasteiger partial charge in [0.1, 0.15) is 11.9 Å². The molecule has 0 spiro atoms. The minimum Gasteiger partial charge on any atom is -0.446 e. The second-order valence-corrected chi connectivity index (χ2v) is 5.91. The molecule has 114 valence electrons. The smallest absolute Gasteiger partial charge is 0.411 e. The molecule has 21 heavy (non-hydrogen) atoms. The van der Waals surface area contributed by atoms with Gasteiger partial charge in [0.25, 0.3) is 0 Å². The van der Waals surface area contributed by atoms with Crippen LogP contribution in [0.25, 0.3) is 0 Å². The van der Waals surface area contributed by atoms with E-state index in [9.17, 15) is 9.18 Å². The van der Waals surface area contributed by atoms with Crippen molar-refractivity contribution in [1.29, 1.82) is 0 Å². The van der Waals surface area contributed by atoms with Crippen molar-refractivity contribution in [1.82, 2.24) is 4.90 Å². The monoisotopic (exact) mass is 293 g/mol. The summed E-state index contributed by atoms with van der Waals surface area (Å²) in [5, 5.41) is 2.58. The molecule has 3 N–H and O–H groups in total. The lowest BCUT2D eigenvalue weighted by molar-refractivity contribution is 0.0348. The average molecular weight is 293 g/mol. The molecule has 0 saturated carbocycles. The highest BCUT2D eigenvalue weighted by atomic mass is 19.1. The normalized spacial score (nSPS) is 28.4. The summed E-state index contributed by atoms with van der Waals surface area (Å²) in [6.45, 7) is 0. The van der Waals surface area contributed by atoms with Crippen LogP contribution < -0.4 is 11.1 Å². The largest absolute Gasteiger partial charge is 0.446 e. The van der Waals surface area contributed by atoms with Crippen LogP contribution in [0, 0.1) is 5.82 Å². The van der Waals surface area contributed by atoms with Gasteiger partial charge in [0.2, 0.25) is 0 Å². The molecular weight excluding hydrogens is 273 g/mol. The summed E-state index contributed by atoms with van der Waals surface area (Å²) in [6, 6.07) is 4.88. The number of fused-ring (bicyclic) bond motifs is 2. The fraction of sp³-hybridized carbons (Fsp3) is 0.533. The van der Waals surface area contributed by atoms with E-state index >= 15 is 0 Å². The predicted molar refractivity (Wildman–Crippen MR) is 78.5 cm³/mol. The number of hydrogen-bond acceptors (Lipinski definition) is 4. The number of nitrogens with zero attached hydrogens (tertiary/aromatic N) is 1. The quantitative estimate of drug-likeness (QED) is 0.822. The van der Waals surface area contributed by atoms with Crippen molar-refractivity contribution in [3.63, 3.8) is 0 Å². The van der Waals surface area contributed by atoms with E-state index in [1.54, 1.807) is 0 Å². The van der Waals surface area contributed by atoms with Crippen LogP contribution in [0.5, 0.6) is 0 Å². The Kier molecular flexibility index (Phi) is 3.71. The Labute approximate surface area is 123 Å². The molecule has 2 atom stereocenters. The fourth-order valence-corrected chi connectivity index (χ4v) is 3.40. The number of nitrogens with one attached hydrogen (secondary N) is 1. The van der Waals surface area contributed by atoms with E-state index in [0.717, 1.165) is 12.8 Å². The fourth-order valence-electron chi connectivity index (χ4n) is 3.40. The van der Waals surface area contributed by atoms with Gasteiger partial charge in [0.05, 0.1) is 11.4 Å². The van der Waals surface area contributed by atoms with Crippen molar-refractivity contribution >= 4 is 17.5 Å². The van der Waals surface area contributed by atoms with E-state index < -0.39 is 11.9 Å². The SMILES string of the molecule is CN1C2CCC1CC(OC(=O)Nc1ccc(F)cc1N)C2. The van der Waals surface area contributed by atoms with Crippen molar-refractivity contribution < 1.29 is 13.9 Å². The molecule has 0 aromatic heterocycles. The first kappa shape index (κ1) is 14.1. The zero-order valence-corrected chi connectivity index (χ0v) is 12.0. The molecule has 2 saturated heterocycles. The molecule has 0 radical (unpaired) electrons. The van der Waals surface area contributed by atoms with Crippen LogP contribution in [0.2, 0.25) is 0 Å². The molecule has 2 aliphatic rings. The Morgan fingerprint density at radius 2 is 2.05 bits per heavy atom. The Hall–Kier alpha value is -1.82. The van der Waals surface area contributed by atoms with Gasteiger partial charge in [0, 0.05) is 24.9 Å². The lowest BCUT2D eigenvalue weighted by Gasteiger charge is -2.35. The highest BCUT2D eigenvalue weighted by Gasteiger charge is 2.39. The second kappa shape index (κ2) is 5.52. The van der Waals surface area contributed by atoms with E-state index in [2.05, 4.69) is 17.3 Å². The summed E-state index contributed by atoms with van der Waals surface area (Å²) in [5.41, 5.74) is 6.22. The van der Waals surface area contributed by atoms with Crippen LogP contribution in [-0.4, -0.2) is 36.2 Å². The van der Waals surface area contributed by atoms with Crippen molar-refractivity contribution in [2.75, 3.05) is 18.1 Å². The van der Waals surface area contributed by atoms with Crippen LogP contribution in [0.1, 0.15) is 25.7 Å². The Morgan fingerprint density at radius 3 is 2.67 bits per heavy atom. The number of ether oxygens (including phenoxy) is 1. The number of nitrogens with two attached hydrogens (primary N) is 1. The lowest BCUT2D eigenvalue weighted by Crippen LogP contribution is -2.43. The summed E-state index contributed by atoms with van der Waals surface area (Å²) >= 11 is 0. The zero-order chi connectivity index (χ0) is 15.0. The first-order valence-corrected chi connectivity index (χ1v) is 7.27. The van der Waals surface area contributed by atoms with Crippen LogP contribution >= 0.6 is 0 Å². The molecule has 0 aliphatic carbocycles. The van der Waals surface area contributed by atoms with Crippen LogP contribution in [0.4, 0.5) is 20.6 Å². The third-order valence-electron chi connectivity index (χ3n) is 4.58. The summed E-state index contributed by atoms with van der Waals surface area (Å²) in [5.74, 6) is -0.432. The van der Waals surface area contributed by atoms with E-state index in [4.69, 9.17) is 10.5 Å². The summed E-state index contributed by atoms with van der Waals surface area (Å²) in [4.78, 5) is 14.3. The number of rotatable bonds is 2. The first-order chi connectivity index (χ1) is 10.0. The van der Waals surface area contributed by atoms with E-state index in [-0.39, 0.29) is 11.8 Å². The lowest BCUT2D eigenvalue weighted by atomic mass is 10.0. The number of halogens is 1. The Balaban J connectivity index is 1.57. The average Bonchev–Trinajstić information content (AvgIpc) is 2.64. The van der Waals surface area contributed by atoms with Gasteiger partial charge in [0.15, 0.2) is 0 Å². The van der Waals surface area contributed by atoms with Gasteiger partial charge in [-0.15, -0.1) is 0 Å². The van der Waals surface area contributed by atoms with E-state index in [1.165, 1.54) is 31.0 Å². The third-order valence-corrected chi connectivity index (χ3v) is 4.58. The molecule has 2 fully saturated rings. The van der Waals surface area contributed by atoms with Crippen molar-refractivity contribution in [2.24, 2.45) is 0 Å².